The molecule has 1 aliphatic rings. The number of barbiturate groups is 1. The molecule has 158 valence electrons. The zero-order valence-electron chi connectivity index (χ0n) is 17.2. The minimum absolute atomic E-state index is 0.0579. The SMILES string of the molecule is CCCCN1C(=O)/C(=C/c2ccc(OC)cc2OC)C(=O)N(Cc2ccco2)C1=O. The molecule has 2 aromatic rings. The average Bonchev–Trinajstić information content (AvgIpc) is 3.27. The first-order chi connectivity index (χ1) is 14.5. The van der Waals surface area contributed by atoms with Crippen molar-refractivity contribution in [1.82, 2.24) is 9.80 Å². The molecule has 0 unspecified atom stereocenters. The van der Waals surface area contributed by atoms with Crippen LogP contribution in [-0.2, 0) is 16.1 Å². The van der Waals surface area contributed by atoms with Gasteiger partial charge in [0.15, 0.2) is 0 Å². The van der Waals surface area contributed by atoms with Gasteiger partial charge in [-0.25, -0.2) is 4.79 Å². The van der Waals surface area contributed by atoms with Gasteiger partial charge in [-0.15, -0.1) is 0 Å². The first-order valence-corrected chi connectivity index (χ1v) is 9.64. The fourth-order valence-electron chi connectivity index (χ4n) is 3.13. The Kier molecular flexibility index (Phi) is 6.56. The zero-order valence-corrected chi connectivity index (χ0v) is 17.2. The molecule has 1 saturated heterocycles. The van der Waals surface area contributed by atoms with Crippen LogP contribution in [0, 0.1) is 0 Å². The second-order valence-corrected chi connectivity index (χ2v) is 6.73. The molecule has 4 amide bonds. The quantitative estimate of drug-likeness (QED) is 0.487. The largest absolute Gasteiger partial charge is 0.497 e. The molecule has 3 rings (SSSR count). The van der Waals surface area contributed by atoms with Crippen molar-refractivity contribution >= 4 is 23.9 Å². The van der Waals surface area contributed by atoms with Gasteiger partial charge in [0.25, 0.3) is 11.8 Å². The van der Waals surface area contributed by atoms with Crippen molar-refractivity contribution in [3.63, 3.8) is 0 Å². The zero-order chi connectivity index (χ0) is 21.7. The average molecular weight is 412 g/mol. The second kappa shape index (κ2) is 9.30. The minimum atomic E-state index is -0.674. The number of imide groups is 2. The van der Waals surface area contributed by atoms with Crippen LogP contribution in [0.15, 0.2) is 46.6 Å². The van der Waals surface area contributed by atoms with Crippen molar-refractivity contribution in [2.24, 2.45) is 0 Å². The summed E-state index contributed by atoms with van der Waals surface area (Å²) in [5, 5.41) is 0. The highest BCUT2D eigenvalue weighted by atomic mass is 16.5. The van der Waals surface area contributed by atoms with Crippen molar-refractivity contribution < 1.29 is 28.3 Å². The highest BCUT2D eigenvalue weighted by Gasteiger charge is 2.42. The lowest BCUT2D eigenvalue weighted by Crippen LogP contribution is -2.56. The van der Waals surface area contributed by atoms with Crippen molar-refractivity contribution in [2.75, 3.05) is 20.8 Å². The number of hydrogen-bond donors (Lipinski definition) is 0. The number of urea groups is 1. The maximum Gasteiger partial charge on any atom is 0.334 e. The Balaban J connectivity index is 2.02. The number of carbonyl (C=O) groups excluding carboxylic acids is 3. The summed E-state index contributed by atoms with van der Waals surface area (Å²) in [6, 6.07) is 7.75. The molecule has 1 aromatic carbocycles. The Labute approximate surface area is 174 Å². The van der Waals surface area contributed by atoms with Crippen LogP contribution in [0.4, 0.5) is 4.79 Å². The fourth-order valence-corrected chi connectivity index (χ4v) is 3.13. The predicted molar refractivity (Wildman–Crippen MR) is 109 cm³/mol. The molecule has 0 saturated carbocycles. The van der Waals surface area contributed by atoms with Crippen LogP contribution < -0.4 is 9.47 Å². The van der Waals surface area contributed by atoms with Crippen molar-refractivity contribution in [1.29, 1.82) is 0 Å². The van der Waals surface area contributed by atoms with E-state index in [1.165, 1.54) is 26.6 Å². The number of carbonyl (C=O) groups is 3. The van der Waals surface area contributed by atoms with Crippen LogP contribution in [0.2, 0.25) is 0 Å². The monoisotopic (exact) mass is 412 g/mol. The van der Waals surface area contributed by atoms with Gasteiger partial charge in [-0.05, 0) is 36.8 Å². The number of methoxy groups -OCH3 is 2. The van der Waals surface area contributed by atoms with E-state index in [-0.39, 0.29) is 18.7 Å². The third-order valence-electron chi connectivity index (χ3n) is 4.78. The van der Waals surface area contributed by atoms with Crippen LogP contribution in [0.3, 0.4) is 0 Å². The van der Waals surface area contributed by atoms with E-state index in [0.717, 1.165) is 16.2 Å². The maximum atomic E-state index is 13.1. The van der Waals surface area contributed by atoms with Gasteiger partial charge in [-0.1, -0.05) is 13.3 Å². The third-order valence-corrected chi connectivity index (χ3v) is 4.78. The second-order valence-electron chi connectivity index (χ2n) is 6.73. The van der Waals surface area contributed by atoms with E-state index >= 15 is 0 Å². The van der Waals surface area contributed by atoms with Gasteiger partial charge >= 0.3 is 6.03 Å². The van der Waals surface area contributed by atoms with Gasteiger partial charge in [0, 0.05) is 18.2 Å². The smallest absolute Gasteiger partial charge is 0.334 e. The van der Waals surface area contributed by atoms with Gasteiger partial charge in [0.1, 0.15) is 22.8 Å². The maximum absolute atomic E-state index is 13.1. The molecule has 0 bridgehead atoms. The molecule has 1 fully saturated rings. The molecule has 0 spiro atoms. The van der Waals surface area contributed by atoms with Gasteiger partial charge in [0.2, 0.25) is 0 Å². The van der Waals surface area contributed by atoms with Gasteiger partial charge in [0.05, 0.1) is 27.0 Å². The summed E-state index contributed by atoms with van der Waals surface area (Å²) < 4.78 is 15.8. The number of amides is 4. The number of hydrogen-bond acceptors (Lipinski definition) is 6. The van der Waals surface area contributed by atoms with E-state index in [0.29, 0.717) is 29.2 Å². The molecule has 2 heterocycles. The van der Waals surface area contributed by atoms with Crippen LogP contribution in [0.25, 0.3) is 6.08 Å². The Morgan fingerprint density at radius 3 is 2.43 bits per heavy atom. The predicted octanol–water partition coefficient (Wildman–Crippen LogP) is 3.47. The Hall–Kier alpha value is -3.55. The lowest BCUT2D eigenvalue weighted by Gasteiger charge is -2.33. The Morgan fingerprint density at radius 1 is 1.03 bits per heavy atom. The highest BCUT2D eigenvalue weighted by molar-refractivity contribution is 6.30. The summed E-state index contributed by atoms with van der Waals surface area (Å²) in [4.78, 5) is 41.1. The Morgan fingerprint density at radius 2 is 1.80 bits per heavy atom. The summed E-state index contributed by atoms with van der Waals surface area (Å²) in [5.74, 6) is 0.174. The van der Waals surface area contributed by atoms with Gasteiger partial charge < -0.3 is 13.9 Å². The van der Waals surface area contributed by atoms with E-state index < -0.39 is 17.8 Å². The van der Waals surface area contributed by atoms with Crippen molar-refractivity contribution in [2.45, 2.75) is 26.3 Å². The van der Waals surface area contributed by atoms with E-state index in [1.807, 2.05) is 6.92 Å². The van der Waals surface area contributed by atoms with E-state index in [1.54, 1.807) is 30.3 Å². The summed E-state index contributed by atoms with van der Waals surface area (Å²) in [6.45, 7) is 2.13. The molecule has 0 atom stereocenters. The first kappa shape index (κ1) is 21.2. The molecule has 0 N–H and O–H groups in total. The molecular formula is C22H24N2O6. The summed E-state index contributed by atoms with van der Waals surface area (Å²) in [6.07, 6.45) is 4.35. The fraction of sp³-hybridized carbons (Fsp3) is 0.318. The first-order valence-electron chi connectivity index (χ1n) is 9.64. The molecule has 1 aromatic heterocycles. The minimum Gasteiger partial charge on any atom is -0.497 e. The van der Waals surface area contributed by atoms with Crippen molar-refractivity contribution in [3.8, 4) is 11.5 Å². The number of rotatable bonds is 8. The normalized spacial score (nSPS) is 15.8. The highest BCUT2D eigenvalue weighted by Crippen LogP contribution is 2.29. The summed E-state index contributed by atoms with van der Waals surface area (Å²) >= 11 is 0. The summed E-state index contributed by atoms with van der Waals surface area (Å²) in [5.41, 5.74) is 0.415. The lowest BCUT2D eigenvalue weighted by atomic mass is 10.0. The van der Waals surface area contributed by atoms with E-state index in [9.17, 15) is 14.4 Å². The number of nitrogens with zero attached hydrogens (tertiary/aromatic N) is 2. The molecule has 8 heteroatoms. The Bertz CT molecular complexity index is 964. The third kappa shape index (κ3) is 4.22. The van der Waals surface area contributed by atoms with E-state index in [2.05, 4.69) is 0 Å². The molecule has 30 heavy (non-hydrogen) atoms. The van der Waals surface area contributed by atoms with Crippen LogP contribution in [0.1, 0.15) is 31.1 Å². The van der Waals surface area contributed by atoms with Gasteiger partial charge in [-0.2, -0.15) is 0 Å². The molecule has 8 nitrogen and oxygen atoms in total. The van der Waals surface area contributed by atoms with E-state index in [4.69, 9.17) is 13.9 Å². The number of unbranched alkanes of at least 4 members (excludes halogenated alkanes) is 1. The van der Waals surface area contributed by atoms with Crippen molar-refractivity contribution in [3.05, 3.63) is 53.5 Å². The lowest BCUT2D eigenvalue weighted by molar-refractivity contribution is -0.136. The molecule has 0 aliphatic carbocycles. The molecule has 0 radical (unpaired) electrons. The summed E-state index contributed by atoms with van der Waals surface area (Å²) in [7, 11) is 3.02. The standard InChI is InChI=1S/C22H24N2O6/c1-4-5-10-23-20(25)18(12-15-8-9-16(28-2)13-19(15)29-3)21(26)24(22(23)27)14-17-7-6-11-30-17/h6-9,11-13H,4-5,10,14H2,1-3H3/b18-12-. The molecule has 1 aliphatic heterocycles. The molecular weight excluding hydrogens is 388 g/mol. The number of benzene rings is 1. The van der Waals surface area contributed by atoms with Crippen LogP contribution in [-0.4, -0.2) is 48.4 Å². The van der Waals surface area contributed by atoms with Gasteiger partial charge in [-0.3, -0.25) is 19.4 Å². The topological polar surface area (TPSA) is 89.3 Å². The number of furan rings is 1. The number of ether oxygens (including phenoxy) is 2. The van der Waals surface area contributed by atoms with Crippen LogP contribution in [0.5, 0.6) is 11.5 Å². The van der Waals surface area contributed by atoms with Crippen LogP contribution >= 0.6 is 0 Å².